The standard InChI is InChI=1S/C5H5ClO2/c6-4-2-1-3(4)5(7)8/h1-4H,(H,7,8). The lowest BCUT2D eigenvalue weighted by Crippen LogP contribution is -2.26. The maximum Gasteiger partial charge on any atom is 0.312 e. The van der Waals surface area contributed by atoms with E-state index in [1.54, 1.807) is 12.2 Å². The van der Waals surface area contributed by atoms with Gasteiger partial charge in [-0.2, -0.15) is 0 Å². The Bertz CT molecular complexity index is 141. The van der Waals surface area contributed by atoms with Crippen LogP contribution in [0.25, 0.3) is 0 Å². The van der Waals surface area contributed by atoms with Gasteiger partial charge >= 0.3 is 5.97 Å². The molecule has 0 amide bonds. The summed E-state index contributed by atoms with van der Waals surface area (Å²) in [6, 6.07) is 0. The third-order valence-electron chi connectivity index (χ3n) is 1.13. The zero-order valence-corrected chi connectivity index (χ0v) is 4.80. The van der Waals surface area contributed by atoms with Crippen LogP contribution in [0.3, 0.4) is 0 Å². The maximum atomic E-state index is 10.1. The SMILES string of the molecule is O=C(O)C1C=CC1Cl. The summed E-state index contributed by atoms with van der Waals surface area (Å²) in [7, 11) is 0. The molecule has 0 aromatic carbocycles. The average molecular weight is 133 g/mol. The van der Waals surface area contributed by atoms with Crippen LogP contribution in [-0.2, 0) is 4.79 Å². The number of allylic oxidation sites excluding steroid dienone is 1. The van der Waals surface area contributed by atoms with Crippen molar-refractivity contribution in [2.24, 2.45) is 5.92 Å². The van der Waals surface area contributed by atoms with Crippen LogP contribution < -0.4 is 0 Å². The van der Waals surface area contributed by atoms with Gasteiger partial charge < -0.3 is 5.11 Å². The first-order valence-electron chi connectivity index (χ1n) is 2.27. The number of aliphatic carboxylic acids is 1. The van der Waals surface area contributed by atoms with Crippen LogP contribution in [0.1, 0.15) is 0 Å². The van der Waals surface area contributed by atoms with Crippen molar-refractivity contribution in [3.63, 3.8) is 0 Å². The quantitative estimate of drug-likeness (QED) is 0.425. The highest BCUT2D eigenvalue weighted by molar-refractivity contribution is 6.24. The minimum Gasteiger partial charge on any atom is -0.481 e. The molecule has 2 atom stereocenters. The Morgan fingerprint density at radius 2 is 2.25 bits per heavy atom. The van der Waals surface area contributed by atoms with Gasteiger partial charge in [0.1, 0.15) is 0 Å². The van der Waals surface area contributed by atoms with Crippen LogP contribution in [0.15, 0.2) is 12.2 Å². The summed E-state index contributed by atoms with van der Waals surface area (Å²) >= 11 is 5.44. The van der Waals surface area contributed by atoms with Gasteiger partial charge in [0.15, 0.2) is 0 Å². The number of rotatable bonds is 1. The van der Waals surface area contributed by atoms with E-state index in [9.17, 15) is 4.79 Å². The second-order valence-electron chi connectivity index (χ2n) is 1.69. The van der Waals surface area contributed by atoms with E-state index >= 15 is 0 Å². The summed E-state index contributed by atoms with van der Waals surface area (Å²) in [6.07, 6.45) is 3.25. The summed E-state index contributed by atoms with van der Waals surface area (Å²) in [6.45, 7) is 0. The average Bonchev–Trinajstić information content (AvgIpc) is 1.61. The Morgan fingerprint density at radius 1 is 1.62 bits per heavy atom. The van der Waals surface area contributed by atoms with E-state index in [0.29, 0.717) is 0 Å². The highest BCUT2D eigenvalue weighted by Gasteiger charge is 2.27. The number of carbonyl (C=O) groups is 1. The summed E-state index contributed by atoms with van der Waals surface area (Å²) in [5.41, 5.74) is 0. The molecule has 0 heterocycles. The van der Waals surface area contributed by atoms with Crippen molar-refractivity contribution in [1.29, 1.82) is 0 Å². The largest absolute Gasteiger partial charge is 0.481 e. The van der Waals surface area contributed by atoms with Gasteiger partial charge in [0.2, 0.25) is 0 Å². The Labute approximate surface area is 51.8 Å². The number of carboxylic acids is 1. The molecule has 2 unspecified atom stereocenters. The number of hydrogen-bond donors (Lipinski definition) is 1. The maximum absolute atomic E-state index is 10.1. The topological polar surface area (TPSA) is 37.3 Å². The van der Waals surface area contributed by atoms with Gasteiger partial charge in [-0.25, -0.2) is 0 Å². The Hall–Kier alpha value is -0.500. The van der Waals surface area contributed by atoms with Gasteiger partial charge in [-0.1, -0.05) is 12.2 Å². The van der Waals surface area contributed by atoms with E-state index in [4.69, 9.17) is 16.7 Å². The van der Waals surface area contributed by atoms with Gasteiger partial charge in [-0.05, 0) is 0 Å². The van der Waals surface area contributed by atoms with Gasteiger partial charge in [0.25, 0.3) is 0 Å². The van der Waals surface area contributed by atoms with E-state index < -0.39 is 11.9 Å². The highest BCUT2D eigenvalue weighted by Crippen LogP contribution is 2.23. The normalized spacial score (nSPS) is 34.1. The fourth-order valence-electron chi connectivity index (χ4n) is 0.525. The van der Waals surface area contributed by atoms with E-state index in [1.165, 1.54) is 0 Å². The smallest absolute Gasteiger partial charge is 0.312 e. The van der Waals surface area contributed by atoms with Crippen LogP contribution in [0.4, 0.5) is 0 Å². The molecule has 2 nitrogen and oxygen atoms in total. The van der Waals surface area contributed by atoms with Crippen LogP contribution in [0.2, 0.25) is 0 Å². The molecule has 0 radical (unpaired) electrons. The molecule has 1 N–H and O–H groups in total. The zero-order chi connectivity index (χ0) is 6.15. The van der Waals surface area contributed by atoms with Gasteiger partial charge in [0, 0.05) is 0 Å². The molecule has 1 aliphatic carbocycles. The zero-order valence-electron chi connectivity index (χ0n) is 4.04. The Kier molecular flexibility index (Phi) is 1.26. The lowest BCUT2D eigenvalue weighted by Gasteiger charge is -2.18. The van der Waals surface area contributed by atoms with Crippen molar-refractivity contribution in [2.75, 3.05) is 0 Å². The molecule has 0 aliphatic heterocycles. The molecular formula is C5H5ClO2. The van der Waals surface area contributed by atoms with Crippen molar-refractivity contribution in [3.8, 4) is 0 Å². The van der Waals surface area contributed by atoms with Crippen LogP contribution in [0.5, 0.6) is 0 Å². The van der Waals surface area contributed by atoms with Crippen molar-refractivity contribution in [2.45, 2.75) is 5.38 Å². The molecular weight excluding hydrogens is 128 g/mol. The first kappa shape index (κ1) is 5.63. The van der Waals surface area contributed by atoms with Crippen LogP contribution >= 0.6 is 11.6 Å². The molecule has 0 saturated heterocycles. The van der Waals surface area contributed by atoms with Gasteiger partial charge in [-0.3, -0.25) is 4.79 Å². The lowest BCUT2D eigenvalue weighted by atomic mass is 9.95. The van der Waals surface area contributed by atoms with Crippen molar-refractivity contribution >= 4 is 17.6 Å². The Morgan fingerprint density at radius 3 is 2.25 bits per heavy atom. The van der Waals surface area contributed by atoms with Crippen LogP contribution in [0, 0.1) is 5.92 Å². The molecule has 1 rings (SSSR count). The first-order chi connectivity index (χ1) is 3.72. The molecule has 0 saturated carbocycles. The minimum atomic E-state index is -0.840. The molecule has 0 spiro atoms. The third-order valence-corrected chi connectivity index (χ3v) is 1.55. The molecule has 1 aliphatic rings. The summed E-state index contributed by atoms with van der Waals surface area (Å²) < 4.78 is 0. The number of halogens is 1. The highest BCUT2D eigenvalue weighted by atomic mass is 35.5. The van der Waals surface area contributed by atoms with E-state index in [1.807, 2.05) is 0 Å². The number of carboxylic acid groups (broad SMARTS) is 1. The van der Waals surface area contributed by atoms with Gasteiger partial charge in [-0.15, -0.1) is 11.6 Å². The second-order valence-corrected chi connectivity index (χ2v) is 2.20. The van der Waals surface area contributed by atoms with Crippen molar-refractivity contribution < 1.29 is 9.90 Å². The van der Waals surface area contributed by atoms with Crippen molar-refractivity contribution in [1.82, 2.24) is 0 Å². The number of alkyl halides is 1. The third kappa shape index (κ3) is 0.713. The summed E-state index contributed by atoms with van der Waals surface area (Å²) in [5.74, 6) is -1.29. The fourth-order valence-corrected chi connectivity index (χ4v) is 0.800. The Balaban J connectivity index is 2.53. The summed E-state index contributed by atoms with van der Waals surface area (Å²) in [4.78, 5) is 10.1. The molecule has 0 aromatic heterocycles. The van der Waals surface area contributed by atoms with E-state index in [2.05, 4.69) is 0 Å². The molecule has 0 fully saturated rings. The molecule has 44 valence electrons. The first-order valence-corrected chi connectivity index (χ1v) is 2.70. The van der Waals surface area contributed by atoms with Gasteiger partial charge in [0.05, 0.1) is 11.3 Å². The predicted octanol–water partition coefficient (Wildman–Crippen LogP) is 0.864. The monoisotopic (exact) mass is 132 g/mol. The predicted molar refractivity (Wildman–Crippen MR) is 29.9 cm³/mol. The summed E-state index contributed by atoms with van der Waals surface area (Å²) in [5, 5.41) is 7.98. The lowest BCUT2D eigenvalue weighted by molar-refractivity contribution is -0.140. The molecule has 3 heteroatoms. The van der Waals surface area contributed by atoms with Crippen molar-refractivity contribution in [3.05, 3.63) is 12.2 Å². The molecule has 8 heavy (non-hydrogen) atoms. The fraction of sp³-hybridized carbons (Fsp3) is 0.400. The minimum absolute atomic E-state index is 0.285. The van der Waals surface area contributed by atoms with E-state index in [0.717, 1.165) is 0 Å². The van der Waals surface area contributed by atoms with Crippen LogP contribution in [-0.4, -0.2) is 16.5 Å². The second kappa shape index (κ2) is 1.78. The molecule has 0 aromatic rings. The molecule has 0 bridgehead atoms. The van der Waals surface area contributed by atoms with E-state index in [-0.39, 0.29) is 5.38 Å². The number of hydrogen-bond acceptors (Lipinski definition) is 1.